The number of fused-ring (bicyclic) bond motifs is 1. The van der Waals surface area contributed by atoms with E-state index in [0.29, 0.717) is 0 Å². The van der Waals surface area contributed by atoms with Gasteiger partial charge in [-0.1, -0.05) is 6.07 Å². The summed E-state index contributed by atoms with van der Waals surface area (Å²) in [5.74, 6) is 0.897. The maximum Gasteiger partial charge on any atom is 0.119 e. The molecule has 1 heterocycles. The lowest BCUT2D eigenvalue weighted by atomic mass is 10.00. The number of benzene rings is 1. The maximum absolute atomic E-state index is 6.15. The Morgan fingerprint density at radius 3 is 3.00 bits per heavy atom. The number of hydrogen-bond acceptors (Lipinski definition) is 3. The van der Waals surface area contributed by atoms with Crippen LogP contribution in [-0.4, -0.2) is 25.6 Å². The van der Waals surface area contributed by atoms with Gasteiger partial charge in [0.1, 0.15) is 5.75 Å². The molecule has 0 aromatic heterocycles. The fourth-order valence-electron chi connectivity index (χ4n) is 2.07. The standard InChI is InChI=1S/C12H18N2O/c1-14-6-5-12(13)11-7-10(15-2)4-3-9(11)8-14/h3-4,7,12H,5-6,8,13H2,1-2H3/t12-/m1/s1. The summed E-state index contributed by atoms with van der Waals surface area (Å²) < 4.78 is 5.23. The summed E-state index contributed by atoms with van der Waals surface area (Å²) in [6.07, 6.45) is 1.01. The van der Waals surface area contributed by atoms with Crippen molar-refractivity contribution in [1.82, 2.24) is 4.90 Å². The highest BCUT2D eigenvalue weighted by atomic mass is 16.5. The van der Waals surface area contributed by atoms with Crippen LogP contribution in [0.5, 0.6) is 5.75 Å². The second-order valence-corrected chi connectivity index (χ2v) is 4.20. The van der Waals surface area contributed by atoms with Gasteiger partial charge in [0.15, 0.2) is 0 Å². The van der Waals surface area contributed by atoms with Crippen LogP contribution in [-0.2, 0) is 6.54 Å². The van der Waals surface area contributed by atoms with Crippen LogP contribution in [0.2, 0.25) is 0 Å². The molecule has 0 fully saturated rings. The molecule has 82 valence electrons. The van der Waals surface area contributed by atoms with Gasteiger partial charge in [0.05, 0.1) is 7.11 Å². The highest BCUT2D eigenvalue weighted by Crippen LogP contribution is 2.27. The molecule has 0 bridgehead atoms. The normalized spacial score (nSPS) is 21.9. The van der Waals surface area contributed by atoms with E-state index in [0.717, 1.165) is 25.3 Å². The summed E-state index contributed by atoms with van der Waals surface area (Å²) in [4.78, 5) is 2.30. The first-order chi connectivity index (χ1) is 7.20. The van der Waals surface area contributed by atoms with Crippen LogP contribution in [0.3, 0.4) is 0 Å². The molecule has 1 aromatic rings. The Labute approximate surface area is 90.8 Å². The van der Waals surface area contributed by atoms with Gasteiger partial charge in [-0.2, -0.15) is 0 Å². The molecular formula is C12H18N2O. The van der Waals surface area contributed by atoms with Crippen molar-refractivity contribution in [3.8, 4) is 5.75 Å². The second-order valence-electron chi connectivity index (χ2n) is 4.20. The van der Waals surface area contributed by atoms with Crippen molar-refractivity contribution in [1.29, 1.82) is 0 Å². The molecule has 2 rings (SSSR count). The van der Waals surface area contributed by atoms with Gasteiger partial charge in [-0.3, -0.25) is 0 Å². The molecule has 1 aliphatic heterocycles. The van der Waals surface area contributed by atoms with Crippen molar-refractivity contribution in [2.45, 2.75) is 19.0 Å². The van der Waals surface area contributed by atoms with Crippen molar-refractivity contribution >= 4 is 0 Å². The zero-order chi connectivity index (χ0) is 10.8. The Kier molecular flexibility index (Phi) is 2.93. The second kappa shape index (κ2) is 4.21. The largest absolute Gasteiger partial charge is 0.497 e. The number of hydrogen-bond donors (Lipinski definition) is 1. The van der Waals surface area contributed by atoms with E-state index in [9.17, 15) is 0 Å². The zero-order valence-electron chi connectivity index (χ0n) is 9.36. The van der Waals surface area contributed by atoms with Crippen LogP contribution in [0.25, 0.3) is 0 Å². The van der Waals surface area contributed by atoms with Crippen LogP contribution in [0.4, 0.5) is 0 Å². The highest BCUT2D eigenvalue weighted by Gasteiger charge is 2.18. The lowest BCUT2D eigenvalue weighted by Crippen LogP contribution is -2.18. The topological polar surface area (TPSA) is 38.5 Å². The van der Waals surface area contributed by atoms with E-state index in [1.807, 2.05) is 6.07 Å². The van der Waals surface area contributed by atoms with E-state index in [1.54, 1.807) is 7.11 Å². The van der Waals surface area contributed by atoms with Gasteiger partial charge in [0, 0.05) is 12.6 Å². The molecule has 3 nitrogen and oxygen atoms in total. The quantitative estimate of drug-likeness (QED) is 0.757. The predicted octanol–water partition coefficient (Wildman–Crippen LogP) is 1.53. The molecule has 0 saturated carbocycles. The van der Waals surface area contributed by atoms with Gasteiger partial charge in [-0.15, -0.1) is 0 Å². The summed E-state index contributed by atoms with van der Waals surface area (Å²) in [6.45, 7) is 2.03. The maximum atomic E-state index is 6.15. The Balaban J connectivity index is 2.39. The molecule has 0 spiro atoms. The van der Waals surface area contributed by atoms with Crippen LogP contribution in [0.1, 0.15) is 23.6 Å². The first-order valence-electron chi connectivity index (χ1n) is 5.31. The van der Waals surface area contributed by atoms with Gasteiger partial charge < -0.3 is 15.4 Å². The van der Waals surface area contributed by atoms with Crippen molar-refractivity contribution in [2.24, 2.45) is 5.73 Å². The van der Waals surface area contributed by atoms with Crippen LogP contribution >= 0.6 is 0 Å². The molecule has 1 aromatic carbocycles. The average molecular weight is 206 g/mol. The lowest BCUT2D eigenvalue weighted by Gasteiger charge is -2.14. The molecule has 0 aliphatic carbocycles. The van der Waals surface area contributed by atoms with E-state index < -0.39 is 0 Å². The van der Waals surface area contributed by atoms with E-state index in [4.69, 9.17) is 10.5 Å². The minimum Gasteiger partial charge on any atom is -0.497 e. The number of rotatable bonds is 1. The Morgan fingerprint density at radius 2 is 2.27 bits per heavy atom. The smallest absolute Gasteiger partial charge is 0.119 e. The highest BCUT2D eigenvalue weighted by molar-refractivity contribution is 5.38. The predicted molar refractivity (Wildman–Crippen MR) is 60.9 cm³/mol. The summed E-state index contributed by atoms with van der Waals surface area (Å²) in [5, 5.41) is 0. The monoisotopic (exact) mass is 206 g/mol. The summed E-state index contributed by atoms with van der Waals surface area (Å²) in [5.41, 5.74) is 8.71. The third-order valence-electron chi connectivity index (χ3n) is 3.01. The number of nitrogens with two attached hydrogens (primary N) is 1. The zero-order valence-corrected chi connectivity index (χ0v) is 9.36. The van der Waals surface area contributed by atoms with Gasteiger partial charge in [-0.05, 0) is 43.3 Å². The molecular weight excluding hydrogens is 188 g/mol. The third kappa shape index (κ3) is 2.13. The van der Waals surface area contributed by atoms with Gasteiger partial charge in [-0.25, -0.2) is 0 Å². The molecule has 15 heavy (non-hydrogen) atoms. The average Bonchev–Trinajstić information content (AvgIpc) is 2.39. The van der Waals surface area contributed by atoms with Crippen LogP contribution in [0.15, 0.2) is 18.2 Å². The van der Waals surface area contributed by atoms with Gasteiger partial charge in [0.25, 0.3) is 0 Å². The lowest BCUT2D eigenvalue weighted by molar-refractivity contribution is 0.325. The first-order valence-corrected chi connectivity index (χ1v) is 5.31. The van der Waals surface area contributed by atoms with E-state index >= 15 is 0 Å². The molecule has 1 atom stereocenters. The number of methoxy groups -OCH3 is 1. The third-order valence-corrected chi connectivity index (χ3v) is 3.01. The van der Waals surface area contributed by atoms with E-state index in [1.165, 1.54) is 11.1 Å². The summed E-state index contributed by atoms with van der Waals surface area (Å²) in [6, 6.07) is 6.33. The van der Waals surface area contributed by atoms with E-state index in [2.05, 4.69) is 24.1 Å². The molecule has 0 unspecified atom stereocenters. The molecule has 0 saturated heterocycles. The van der Waals surface area contributed by atoms with Gasteiger partial charge >= 0.3 is 0 Å². The van der Waals surface area contributed by atoms with E-state index in [-0.39, 0.29) is 6.04 Å². The SMILES string of the molecule is COc1ccc2c(c1)[C@H](N)CCN(C)C2. The molecule has 0 radical (unpaired) electrons. The first kappa shape index (κ1) is 10.5. The number of ether oxygens (including phenoxy) is 1. The van der Waals surface area contributed by atoms with Crippen molar-refractivity contribution in [2.75, 3.05) is 20.7 Å². The molecule has 0 amide bonds. The molecule has 3 heteroatoms. The summed E-state index contributed by atoms with van der Waals surface area (Å²) >= 11 is 0. The Morgan fingerprint density at radius 1 is 1.47 bits per heavy atom. The van der Waals surface area contributed by atoms with Gasteiger partial charge in [0.2, 0.25) is 0 Å². The number of nitrogens with zero attached hydrogens (tertiary/aromatic N) is 1. The van der Waals surface area contributed by atoms with Crippen LogP contribution in [0, 0.1) is 0 Å². The Bertz CT molecular complexity index is 351. The Hall–Kier alpha value is -1.06. The minimum atomic E-state index is 0.139. The molecule has 1 aliphatic rings. The fraction of sp³-hybridized carbons (Fsp3) is 0.500. The minimum absolute atomic E-state index is 0.139. The van der Waals surface area contributed by atoms with Crippen molar-refractivity contribution < 1.29 is 4.74 Å². The summed E-state index contributed by atoms with van der Waals surface area (Å²) in [7, 11) is 3.82. The van der Waals surface area contributed by atoms with Crippen molar-refractivity contribution in [3.05, 3.63) is 29.3 Å². The van der Waals surface area contributed by atoms with Crippen LogP contribution < -0.4 is 10.5 Å². The molecule has 2 N–H and O–H groups in total. The van der Waals surface area contributed by atoms with Crippen molar-refractivity contribution in [3.63, 3.8) is 0 Å². The fourth-order valence-corrected chi connectivity index (χ4v) is 2.07.